The molecule has 1 atom stereocenters. The molecule has 1 aliphatic rings. The Morgan fingerprint density at radius 1 is 1.16 bits per heavy atom. The summed E-state index contributed by atoms with van der Waals surface area (Å²) in [6.45, 7) is 1.55. The lowest BCUT2D eigenvalue weighted by Crippen LogP contribution is -2.28. The quantitative estimate of drug-likeness (QED) is 0.656. The summed E-state index contributed by atoms with van der Waals surface area (Å²) in [6, 6.07) is 10.2. The highest BCUT2D eigenvalue weighted by Gasteiger charge is 2.36. The number of hydrogen-bond acceptors (Lipinski definition) is 6. The molecule has 2 amide bonds. The van der Waals surface area contributed by atoms with Crippen LogP contribution in [0.25, 0.3) is 0 Å². The van der Waals surface area contributed by atoms with E-state index < -0.39 is 24.4 Å². The molecule has 1 fully saturated rings. The monoisotopic (exact) mass is 446 g/mol. The van der Waals surface area contributed by atoms with Crippen LogP contribution in [0, 0.1) is 12.8 Å². The fourth-order valence-corrected chi connectivity index (χ4v) is 3.39. The third-order valence-electron chi connectivity index (χ3n) is 4.95. The van der Waals surface area contributed by atoms with Crippen molar-refractivity contribution in [3.63, 3.8) is 0 Å². The van der Waals surface area contributed by atoms with Crippen molar-refractivity contribution >= 4 is 40.8 Å². The van der Waals surface area contributed by atoms with Crippen molar-refractivity contribution in [2.45, 2.75) is 13.3 Å². The molecule has 9 heteroatoms. The molecule has 164 valence electrons. The average Bonchev–Trinajstić information content (AvgIpc) is 3.15. The molecule has 2 aromatic rings. The van der Waals surface area contributed by atoms with Gasteiger partial charge in [-0.05, 0) is 36.8 Å². The second-order valence-corrected chi connectivity index (χ2v) is 7.47. The van der Waals surface area contributed by atoms with Gasteiger partial charge < -0.3 is 24.4 Å². The van der Waals surface area contributed by atoms with Gasteiger partial charge in [0.1, 0.15) is 11.5 Å². The van der Waals surface area contributed by atoms with Crippen LogP contribution in [0.2, 0.25) is 5.02 Å². The normalized spacial score (nSPS) is 15.5. The highest BCUT2D eigenvalue weighted by Crippen LogP contribution is 2.30. The Hall–Kier alpha value is -3.26. The third-order valence-corrected chi connectivity index (χ3v) is 5.36. The summed E-state index contributed by atoms with van der Waals surface area (Å²) in [5, 5.41) is 3.17. The van der Waals surface area contributed by atoms with Crippen LogP contribution in [0.3, 0.4) is 0 Å². The number of carbonyl (C=O) groups excluding carboxylic acids is 3. The average molecular weight is 447 g/mol. The number of amides is 2. The van der Waals surface area contributed by atoms with Gasteiger partial charge in [0.2, 0.25) is 5.91 Å². The number of anilines is 2. The van der Waals surface area contributed by atoms with Crippen LogP contribution in [0.5, 0.6) is 11.5 Å². The molecule has 0 unspecified atom stereocenters. The SMILES string of the molecule is COc1ccc(OC)c(NC(=O)COC(=O)[C@H]2CC(=O)N(c3ccc(C)c(Cl)c3)C2)c1. The lowest BCUT2D eigenvalue weighted by atomic mass is 10.1. The molecule has 3 rings (SSSR count). The maximum absolute atomic E-state index is 12.4. The van der Waals surface area contributed by atoms with Crippen molar-refractivity contribution in [3.05, 3.63) is 47.0 Å². The maximum atomic E-state index is 12.4. The zero-order valence-corrected chi connectivity index (χ0v) is 18.2. The number of hydrogen-bond donors (Lipinski definition) is 1. The number of carbonyl (C=O) groups is 3. The van der Waals surface area contributed by atoms with E-state index in [0.717, 1.165) is 5.56 Å². The predicted octanol–water partition coefficient (Wildman–Crippen LogP) is 3.20. The minimum Gasteiger partial charge on any atom is -0.497 e. The van der Waals surface area contributed by atoms with E-state index in [2.05, 4.69) is 5.32 Å². The summed E-state index contributed by atoms with van der Waals surface area (Å²) >= 11 is 6.14. The van der Waals surface area contributed by atoms with Crippen LogP contribution in [0.1, 0.15) is 12.0 Å². The Morgan fingerprint density at radius 2 is 1.94 bits per heavy atom. The number of nitrogens with one attached hydrogen (secondary N) is 1. The fourth-order valence-electron chi connectivity index (χ4n) is 3.22. The summed E-state index contributed by atoms with van der Waals surface area (Å²) < 4.78 is 15.5. The van der Waals surface area contributed by atoms with Crippen molar-refractivity contribution in [2.24, 2.45) is 5.92 Å². The number of ether oxygens (including phenoxy) is 3. The summed E-state index contributed by atoms with van der Waals surface area (Å²) in [5.41, 5.74) is 1.91. The van der Waals surface area contributed by atoms with Crippen molar-refractivity contribution in [3.8, 4) is 11.5 Å². The van der Waals surface area contributed by atoms with E-state index in [1.54, 1.807) is 30.3 Å². The van der Waals surface area contributed by atoms with E-state index in [1.807, 2.05) is 13.0 Å². The zero-order chi connectivity index (χ0) is 22.5. The molecule has 0 spiro atoms. The smallest absolute Gasteiger partial charge is 0.311 e. The van der Waals surface area contributed by atoms with Crippen molar-refractivity contribution in [2.75, 3.05) is 37.6 Å². The standard InChI is InChI=1S/C22H23ClN2O6/c1-13-4-5-15(9-17(13)23)25-11-14(8-21(25)27)22(28)31-12-20(26)24-18-10-16(29-2)6-7-19(18)30-3/h4-7,9-10,14H,8,11-12H2,1-3H3,(H,24,26)/t14-/m0/s1. The first kappa shape index (κ1) is 22.4. The Bertz CT molecular complexity index is 1010. The molecule has 1 heterocycles. The molecule has 0 aliphatic carbocycles. The van der Waals surface area contributed by atoms with Crippen LogP contribution in [0.4, 0.5) is 11.4 Å². The molecule has 31 heavy (non-hydrogen) atoms. The number of esters is 1. The largest absolute Gasteiger partial charge is 0.497 e. The van der Waals surface area contributed by atoms with Crippen LogP contribution in [-0.4, -0.2) is 45.2 Å². The van der Waals surface area contributed by atoms with E-state index >= 15 is 0 Å². The number of nitrogens with zero attached hydrogens (tertiary/aromatic N) is 1. The van der Waals surface area contributed by atoms with Gasteiger partial charge in [-0.15, -0.1) is 0 Å². The van der Waals surface area contributed by atoms with Gasteiger partial charge in [0.05, 0.1) is 25.8 Å². The lowest BCUT2D eigenvalue weighted by molar-refractivity contribution is -0.151. The van der Waals surface area contributed by atoms with Gasteiger partial charge in [0.25, 0.3) is 5.91 Å². The van der Waals surface area contributed by atoms with E-state index in [4.69, 9.17) is 25.8 Å². The van der Waals surface area contributed by atoms with Crippen molar-refractivity contribution < 1.29 is 28.6 Å². The predicted molar refractivity (Wildman–Crippen MR) is 116 cm³/mol. The van der Waals surface area contributed by atoms with Gasteiger partial charge in [0, 0.05) is 29.7 Å². The summed E-state index contributed by atoms with van der Waals surface area (Å²) in [6.07, 6.45) is 0.00958. The molecule has 0 bridgehead atoms. The minimum atomic E-state index is -0.660. The molecule has 1 aliphatic heterocycles. The number of benzene rings is 2. The molecule has 8 nitrogen and oxygen atoms in total. The Labute approximate surface area is 185 Å². The number of aryl methyl sites for hydroxylation is 1. The zero-order valence-electron chi connectivity index (χ0n) is 17.4. The Balaban J connectivity index is 1.57. The summed E-state index contributed by atoms with van der Waals surface area (Å²) in [5.74, 6) is -1.03. The third kappa shape index (κ3) is 5.27. The van der Waals surface area contributed by atoms with Gasteiger partial charge in [0.15, 0.2) is 6.61 Å². The summed E-state index contributed by atoms with van der Waals surface area (Å²) in [4.78, 5) is 38.5. The van der Waals surface area contributed by atoms with Crippen molar-refractivity contribution in [1.82, 2.24) is 0 Å². The molecule has 1 saturated heterocycles. The first-order valence-electron chi connectivity index (χ1n) is 9.57. The van der Waals surface area contributed by atoms with Gasteiger partial charge in [-0.1, -0.05) is 17.7 Å². The second kappa shape index (κ2) is 9.70. The van der Waals surface area contributed by atoms with Crippen LogP contribution in [-0.2, 0) is 19.1 Å². The molecular formula is C22H23ClN2O6. The van der Waals surface area contributed by atoms with E-state index in [1.165, 1.54) is 19.1 Å². The van der Waals surface area contributed by atoms with Crippen molar-refractivity contribution in [1.29, 1.82) is 0 Å². The molecule has 2 aromatic carbocycles. The molecular weight excluding hydrogens is 424 g/mol. The number of halogens is 1. The first-order chi connectivity index (χ1) is 14.8. The number of rotatable bonds is 7. The van der Waals surface area contributed by atoms with E-state index in [0.29, 0.717) is 27.9 Å². The minimum absolute atomic E-state index is 0.00958. The highest BCUT2D eigenvalue weighted by molar-refractivity contribution is 6.31. The summed E-state index contributed by atoms with van der Waals surface area (Å²) in [7, 11) is 2.98. The molecule has 1 N–H and O–H groups in total. The lowest BCUT2D eigenvalue weighted by Gasteiger charge is -2.17. The van der Waals surface area contributed by atoms with Gasteiger partial charge in [-0.3, -0.25) is 14.4 Å². The van der Waals surface area contributed by atoms with Gasteiger partial charge in [-0.25, -0.2) is 0 Å². The van der Waals surface area contributed by atoms with Crippen LogP contribution in [0.15, 0.2) is 36.4 Å². The highest BCUT2D eigenvalue weighted by atomic mass is 35.5. The fraction of sp³-hybridized carbons (Fsp3) is 0.318. The van der Waals surface area contributed by atoms with Gasteiger partial charge in [-0.2, -0.15) is 0 Å². The van der Waals surface area contributed by atoms with E-state index in [-0.39, 0.29) is 18.9 Å². The van der Waals surface area contributed by atoms with E-state index in [9.17, 15) is 14.4 Å². The maximum Gasteiger partial charge on any atom is 0.311 e. The first-order valence-corrected chi connectivity index (χ1v) is 9.95. The second-order valence-electron chi connectivity index (χ2n) is 7.06. The molecule has 0 aromatic heterocycles. The molecule has 0 radical (unpaired) electrons. The Kier molecular flexibility index (Phi) is 7.02. The topological polar surface area (TPSA) is 94.2 Å². The van der Waals surface area contributed by atoms with Crippen LogP contribution >= 0.6 is 11.6 Å². The Morgan fingerprint density at radius 3 is 2.61 bits per heavy atom. The number of methoxy groups -OCH3 is 2. The molecule has 0 saturated carbocycles. The van der Waals surface area contributed by atoms with Gasteiger partial charge >= 0.3 is 5.97 Å². The van der Waals surface area contributed by atoms with Crippen LogP contribution < -0.4 is 19.7 Å².